The Hall–Kier alpha value is -7.30. The summed E-state index contributed by atoms with van der Waals surface area (Å²) >= 11 is 0. The molecule has 0 aliphatic carbocycles. The summed E-state index contributed by atoms with van der Waals surface area (Å²) in [5.41, 5.74) is 8.95. The minimum Gasteiger partial charge on any atom is -0.493 e. The number of ether oxygens (including phenoxy) is 9. The Kier molecular flexibility index (Phi) is 15.5. The Bertz CT molecular complexity index is 2870. The summed E-state index contributed by atoms with van der Waals surface area (Å²) in [6.45, 7) is 4.93. The highest BCUT2D eigenvalue weighted by Gasteiger charge is 2.40. The molecule has 4 aliphatic heterocycles. The molecule has 0 unspecified atom stereocenters. The molecule has 4 N–H and O–H groups in total. The fraction of sp³-hybridized carbons (Fsp3) is 0.333. The van der Waals surface area contributed by atoms with E-state index in [2.05, 4.69) is 39.5 Å². The Labute approximate surface area is 420 Å². The molecule has 15 heteroatoms. The van der Waals surface area contributed by atoms with Crippen LogP contribution in [-0.2, 0) is 40.4 Å². The number of para-hydroxylation sites is 1. The lowest BCUT2D eigenvalue weighted by Gasteiger charge is -2.41. The smallest absolute Gasteiger partial charge is 0.251 e. The fourth-order valence-electron chi connectivity index (χ4n) is 9.54. The number of hydrogen-bond donors (Lipinski definition) is 4. The maximum atomic E-state index is 13.0. The lowest BCUT2D eigenvalue weighted by molar-refractivity contribution is -0.219. The quantitative estimate of drug-likeness (QED) is 0.0869. The van der Waals surface area contributed by atoms with Gasteiger partial charge < -0.3 is 63.9 Å². The first-order valence-corrected chi connectivity index (χ1v) is 24.2. The molecule has 10 rings (SSSR count). The van der Waals surface area contributed by atoms with Gasteiger partial charge in [0.15, 0.2) is 23.0 Å². The van der Waals surface area contributed by atoms with Gasteiger partial charge in [0.05, 0.1) is 55.2 Å². The van der Waals surface area contributed by atoms with Gasteiger partial charge in [0.1, 0.15) is 11.5 Å². The number of rotatable bonds is 13. The number of benzene rings is 6. The third kappa shape index (κ3) is 11.2. The molecule has 0 bridgehead atoms. The number of hydrogen-bond acceptors (Lipinski definition) is 13. The first-order valence-electron chi connectivity index (χ1n) is 24.2. The average molecular weight is 979 g/mol. The van der Waals surface area contributed by atoms with Crippen molar-refractivity contribution in [2.24, 2.45) is 0 Å². The Morgan fingerprint density at radius 1 is 0.556 bits per heavy atom. The number of nitrogens with one attached hydrogen (secondary N) is 4. The molecule has 72 heavy (non-hydrogen) atoms. The van der Waals surface area contributed by atoms with Crippen molar-refractivity contribution in [1.29, 1.82) is 0 Å². The van der Waals surface area contributed by atoms with Crippen molar-refractivity contribution in [2.45, 2.75) is 63.4 Å². The highest BCUT2D eigenvalue weighted by molar-refractivity contribution is 5.95. The van der Waals surface area contributed by atoms with Crippen LogP contribution < -0.4 is 54.4 Å². The van der Waals surface area contributed by atoms with Gasteiger partial charge in [0.25, 0.3) is 5.91 Å². The van der Waals surface area contributed by atoms with Crippen LogP contribution in [0.25, 0.3) is 22.3 Å². The van der Waals surface area contributed by atoms with Gasteiger partial charge in [-0.05, 0) is 94.5 Å². The zero-order valence-electron chi connectivity index (χ0n) is 41.4. The number of carbonyl (C=O) groups is 2. The Balaban J connectivity index is 0.000000178. The van der Waals surface area contributed by atoms with Gasteiger partial charge >= 0.3 is 0 Å². The molecular formula is C57H62N4O11. The van der Waals surface area contributed by atoms with Crippen LogP contribution in [0.1, 0.15) is 58.3 Å². The maximum absolute atomic E-state index is 13.0. The van der Waals surface area contributed by atoms with Gasteiger partial charge in [0, 0.05) is 86.3 Å². The van der Waals surface area contributed by atoms with Crippen LogP contribution in [-0.4, -0.2) is 85.1 Å². The molecule has 0 radical (unpaired) electrons. The lowest BCUT2D eigenvalue weighted by Crippen LogP contribution is -2.49. The van der Waals surface area contributed by atoms with Gasteiger partial charge in [-0.1, -0.05) is 48.5 Å². The summed E-state index contributed by atoms with van der Waals surface area (Å²) in [6, 6.07) is 36.9. The minimum absolute atomic E-state index is 0.131. The molecule has 0 saturated carbocycles. The first-order chi connectivity index (χ1) is 35.1. The Morgan fingerprint density at radius 3 is 1.64 bits per heavy atom. The largest absolute Gasteiger partial charge is 0.493 e. The molecule has 376 valence electrons. The van der Waals surface area contributed by atoms with E-state index in [4.69, 9.17) is 42.6 Å². The molecule has 0 atom stereocenters. The third-order valence-electron chi connectivity index (χ3n) is 13.4. The second-order valence-electron chi connectivity index (χ2n) is 18.0. The summed E-state index contributed by atoms with van der Waals surface area (Å²) < 4.78 is 51.8. The van der Waals surface area contributed by atoms with E-state index in [1.165, 1.54) is 0 Å². The lowest BCUT2D eigenvalue weighted by atomic mass is 9.98. The summed E-state index contributed by atoms with van der Waals surface area (Å²) in [6.07, 6.45) is 3.54. The van der Waals surface area contributed by atoms with E-state index in [1.54, 1.807) is 41.6 Å². The zero-order chi connectivity index (χ0) is 50.1. The van der Waals surface area contributed by atoms with E-state index in [-0.39, 0.29) is 18.2 Å². The molecule has 6 aromatic rings. The van der Waals surface area contributed by atoms with Crippen LogP contribution >= 0.6 is 0 Å². The van der Waals surface area contributed by atoms with E-state index < -0.39 is 11.6 Å². The molecule has 2 spiro atoms. The van der Waals surface area contributed by atoms with Gasteiger partial charge in [-0.15, -0.1) is 0 Å². The summed E-state index contributed by atoms with van der Waals surface area (Å²) in [5, 5.41) is 12.7. The van der Waals surface area contributed by atoms with Crippen molar-refractivity contribution in [3.05, 3.63) is 143 Å². The molecule has 2 amide bonds. The number of carbonyl (C=O) groups excluding carboxylic acids is 2. The SMILES string of the molecule is COc1cc(CNC(=O)c2cccc(-c3ccc4c(c3)COC3(CCNCC3)O4)c2)cc(OC)c1OC.COc1cccc(CC(=O)Nc2cccc(-c3ccc4c(c3)COC3(CCNCC3)O4)c2)c1OC. The standard InChI is InChI=1S/C29H32N2O6.C28H30N2O5/c1-33-25-13-19(14-26(34-2)27(25)35-3)17-31-28(32)22-6-4-5-20(15-22)21-7-8-24-23(16-21)18-36-29(37-24)9-11-30-12-10-29;1-32-25-8-4-6-21(27(25)33-2)17-26(31)30-23-7-3-5-19(16-23)20-9-10-24-22(15-20)18-34-28(35-24)11-13-29-14-12-28/h4-8,13-16,30H,9-12,17-18H2,1-3H3,(H,31,32);3-10,15-16,29H,11-14,17-18H2,1-2H3,(H,30,31). The number of amides is 2. The van der Waals surface area contributed by atoms with Gasteiger partial charge in [-0.2, -0.15) is 0 Å². The third-order valence-corrected chi connectivity index (χ3v) is 13.4. The second kappa shape index (κ2) is 22.4. The van der Waals surface area contributed by atoms with Crippen LogP contribution in [0, 0.1) is 0 Å². The molecule has 6 aromatic carbocycles. The minimum atomic E-state index is -0.518. The highest BCUT2D eigenvalue weighted by Crippen LogP contribution is 2.41. The van der Waals surface area contributed by atoms with E-state index in [0.717, 1.165) is 114 Å². The van der Waals surface area contributed by atoms with Crippen molar-refractivity contribution in [1.82, 2.24) is 16.0 Å². The number of methoxy groups -OCH3 is 5. The van der Waals surface area contributed by atoms with Crippen LogP contribution in [0.4, 0.5) is 5.69 Å². The molecule has 4 aliphatic rings. The van der Waals surface area contributed by atoms with Crippen molar-refractivity contribution in [3.63, 3.8) is 0 Å². The molecular weight excluding hydrogens is 917 g/mol. The second-order valence-corrected chi connectivity index (χ2v) is 18.0. The van der Waals surface area contributed by atoms with Crippen molar-refractivity contribution >= 4 is 17.5 Å². The van der Waals surface area contributed by atoms with E-state index in [0.29, 0.717) is 54.1 Å². The van der Waals surface area contributed by atoms with E-state index in [1.807, 2.05) is 91.0 Å². The monoisotopic (exact) mass is 978 g/mol. The van der Waals surface area contributed by atoms with Gasteiger partial charge in [-0.25, -0.2) is 0 Å². The summed E-state index contributed by atoms with van der Waals surface area (Å²) in [5.74, 6) is 3.20. The fourth-order valence-corrected chi connectivity index (χ4v) is 9.54. The Morgan fingerprint density at radius 2 is 1.08 bits per heavy atom. The topological polar surface area (TPSA) is 165 Å². The average Bonchev–Trinajstić information content (AvgIpc) is 3.42. The number of fused-ring (bicyclic) bond motifs is 2. The van der Waals surface area contributed by atoms with E-state index in [9.17, 15) is 9.59 Å². The maximum Gasteiger partial charge on any atom is 0.251 e. The van der Waals surface area contributed by atoms with Gasteiger partial charge in [0.2, 0.25) is 23.2 Å². The number of anilines is 1. The molecule has 4 heterocycles. The van der Waals surface area contributed by atoms with Crippen molar-refractivity contribution < 1.29 is 52.2 Å². The number of piperidine rings is 2. The van der Waals surface area contributed by atoms with Crippen LogP contribution in [0.2, 0.25) is 0 Å². The zero-order valence-corrected chi connectivity index (χ0v) is 41.4. The highest BCUT2D eigenvalue weighted by atomic mass is 16.7. The van der Waals surface area contributed by atoms with Gasteiger partial charge in [-0.3, -0.25) is 9.59 Å². The predicted octanol–water partition coefficient (Wildman–Crippen LogP) is 8.84. The molecule has 15 nitrogen and oxygen atoms in total. The normalized spacial score (nSPS) is 16.0. The molecule has 2 saturated heterocycles. The molecule has 0 aromatic heterocycles. The van der Waals surface area contributed by atoms with Crippen LogP contribution in [0.15, 0.2) is 115 Å². The van der Waals surface area contributed by atoms with Crippen LogP contribution in [0.3, 0.4) is 0 Å². The first kappa shape index (κ1) is 49.7. The van der Waals surface area contributed by atoms with Crippen molar-refractivity contribution in [2.75, 3.05) is 67.0 Å². The molecule has 2 fully saturated rings. The van der Waals surface area contributed by atoms with Crippen LogP contribution in [0.5, 0.6) is 40.2 Å². The van der Waals surface area contributed by atoms with Crippen molar-refractivity contribution in [3.8, 4) is 62.5 Å². The van der Waals surface area contributed by atoms with E-state index >= 15 is 0 Å². The summed E-state index contributed by atoms with van der Waals surface area (Å²) in [7, 11) is 7.84. The predicted molar refractivity (Wildman–Crippen MR) is 273 cm³/mol. The summed E-state index contributed by atoms with van der Waals surface area (Å²) in [4.78, 5) is 25.8.